The Hall–Kier alpha value is -2.86. The molecular weight excluding hydrogens is 328 g/mol. The normalized spacial score (nSPS) is 10.5. The van der Waals surface area contributed by atoms with Crippen LogP contribution in [0.1, 0.15) is 19.4 Å². The Morgan fingerprint density at radius 2 is 1.54 bits per heavy atom. The van der Waals surface area contributed by atoms with Crippen LogP contribution >= 0.6 is 0 Å². The van der Waals surface area contributed by atoms with Crippen molar-refractivity contribution in [2.24, 2.45) is 0 Å². The standard InChI is InChI=1S/C20H26N4O2/c1-4-24(5-2)14-19(25)23-18-12-11-17(13-15(18)3)22-20(26)21-16-9-7-6-8-10-16/h6-13H,4-5,14H2,1-3H3,(H,23,25)(H2,21,22,26). The summed E-state index contributed by atoms with van der Waals surface area (Å²) in [6, 6.07) is 14.3. The Balaban J connectivity index is 1.94. The third-order valence-corrected chi connectivity index (χ3v) is 4.05. The van der Waals surface area contributed by atoms with Gasteiger partial charge in [-0.15, -0.1) is 0 Å². The zero-order chi connectivity index (χ0) is 18.9. The second kappa shape index (κ2) is 9.58. The molecule has 0 aliphatic rings. The number of aryl methyl sites for hydroxylation is 1. The van der Waals surface area contributed by atoms with Gasteiger partial charge in [-0.05, 0) is 55.9 Å². The lowest BCUT2D eigenvalue weighted by molar-refractivity contribution is -0.117. The number of para-hydroxylation sites is 1. The summed E-state index contributed by atoms with van der Waals surface area (Å²) in [6.45, 7) is 8.00. The molecule has 0 bridgehead atoms. The van der Waals surface area contributed by atoms with Gasteiger partial charge in [-0.2, -0.15) is 0 Å². The van der Waals surface area contributed by atoms with Crippen molar-refractivity contribution in [1.82, 2.24) is 4.90 Å². The second-order valence-corrected chi connectivity index (χ2v) is 5.98. The number of carbonyl (C=O) groups is 2. The van der Waals surface area contributed by atoms with E-state index in [0.717, 1.165) is 30.0 Å². The molecule has 3 amide bonds. The zero-order valence-electron chi connectivity index (χ0n) is 15.5. The summed E-state index contributed by atoms with van der Waals surface area (Å²) < 4.78 is 0. The molecule has 0 fully saturated rings. The van der Waals surface area contributed by atoms with Crippen LogP contribution in [-0.4, -0.2) is 36.5 Å². The van der Waals surface area contributed by atoms with E-state index in [4.69, 9.17) is 0 Å². The van der Waals surface area contributed by atoms with Gasteiger partial charge in [0.25, 0.3) is 0 Å². The molecule has 2 rings (SSSR count). The molecule has 0 aliphatic heterocycles. The first-order valence-electron chi connectivity index (χ1n) is 8.77. The number of amides is 3. The van der Waals surface area contributed by atoms with Crippen LogP contribution in [-0.2, 0) is 4.79 Å². The highest BCUT2D eigenvalue weighted by Gasteiger charge is 2.10. The van der Waals surface area contributed by atoms with E-state index in [1.54, 1.807) is 12.1 Å². The number of benzene rings is 2. The van der Waals surface area contributed by atoms with Crippen molar-refractivity contribution in [1.29, 1.82) is 0 Å². The second-order valence-electron chi connectivity index (χ2n) is 5.98. The highest BCUT2D eigenvalue weighted by molar-refractivity contribution is 6.00. The van der Waals surface area contributed by atoms with Gasteiger partial charge >= 0.3 is 6.03 Å². The highest BCUT2D eigenvalue weighted by atomic mass is 16.2. The quantitative estimate of drug-likeness (QED) is 0.705. The molecule has 0 aliphatic carbocycles. The molecule has 6 heteroatoms. The van der Waals surface area contributed by atoms with Gasteiger partial charge in [0.05, 0.1) is 6.54 Å². The van der Waals surface area contributed by atoms with Crippen LogP contribution < -0.4 is 16.0 Å². The summed E-state index contributed by atoms with van der Waals surface area (Å²) in [5, 5.41) is 8.48. The third-order valence-electron chi connectivity index (χ3n) is 4.05. The number of carbonyl (C=O) groups excluding carboxylic acids is 2. The maximum Gasteiger partial charge on any atom is 0.323 e. The molecule has 6 nitrogen and oxygen atoms in total. The molecule has 0 heterocycles. The first kappa shape index (κ1) is 19.5. The number of likely N-dealkylation sites (N-methyl/N-ethyl adjacent to an activating group) is 1. The summed E-state index contributed by atoms with van der Waals surface area (Å²) in [5.74, 6) is -0.0423. The molecule has 3 N–H and O–H groups in total. The minimum absolute atomic E-state index is 0.0423. The van der Waals surface area contributed by atoms with E-state index >= 15 is 0 Å². The number of nitrogens with one attached hydrogen (secondary N) is 3. The SMILES string of the molecule is CCN(CC)CC(=O)Nc1ccc(NC(=O)Nc2ccccc2)cc1C. The summed E-state index contributed by atoms with van der Waals surface area (Å²) in [6.07, 6.45) is 0. The van der Waals surface area contributed by atoms with Gasteiger partial charge in [0, 0.05) is 17.1 Å². The lowest BCUT2D eigenvalue weighted by atomic mass is 10.1. The van der Waals surface area contributed by atoms with E-state index in [-0.39, 0.29) is 11.9 Å². The van der Waals surface area contributed by atoms with Crippen LogP contribution in [0.4, 0.5) is 21.9 Å². The molecule has 0 saturated carbocycles. The van der Waals surface area contributed by atoms with Crippen molar-refractivity contribution >= 4 is 29.0 Å². The average molecular weight is 354 g/mol. The molecule has 0 saturated heterocycles. The number of nitrogens with zero attached hydrogens (tertiary/aromatic N) is 1. The van der Waals surface area contributed by atoms with E-state index in [1.165, 1.54) is 0 Å². The molecule has 0 spiro atoms. The van der Waals surface area contributed by atoms with Crippen molar-refractivity contribution in [3.8, 4) is 0 Å². The van der Waals surface area contributed by atoms with Crippen molar-refractivity contribution in [3.05, 3.63) is 54.1 Å². The lowest BCUT2D eigenvalue weighted by Gasteiger charge is -2.18. The molecule has 2 aromatic rings. The fourth-order valence-corrected chi connectivity index (χ4v) is 2.54. The van der Waals surface area contributed by atoms with Gasteiger partial charge in [-0.25, -0.2) is 4.79 Å². The smallest absolute Gasteiger partial charge is 0.323 e. The minimum Gasteiger partial charge on any atom is -0.325 e. The van der Waals surface area contributed by atoms with Crippen LogP contribution in [0.5, 0.6) is 0 Å². The number of hydrogen-bond acceptors (Lipinski definition) is 3. The fraction of sp³-hybridized carbons (Fsp3) is 0.300. The van der Waals surface area contributed by atoms with Crippen molar-refractivity contribution in [3.63, 3.8) is 0 Å². The Morgan fingerprint density at radius 1 is 0.885 bits per heavy atom. The summed E-state index contributed by atoms with van der Waals surface area (Å²) in [7, 11) is 0. The van der Waals surface area contributed by atoms with E-state index in [0.29, 0.717) is 12.2 Å². The average Bonchev–Trinajstić information content (AvgIpc) is 2.62. The largest absolute Gasteiger partial charge is 0.325 e. The van der Waals surface area contributed by atoms with Gasteiger partial charge in [0.2, 0.25) is 5.91 Å². The minimum atomic E-state index is -0.311. The summed E-state index contributed by atoms with van der Waals surface area (Å²) in [5.41, 5.74) is 3.02. The Morgan fingerprint density at radius 3 is 2.15 bits per heavy atom. The van der Waals surface area contributed by atoms with Crippen LogP contribution in [0.2, 0.25) is 0 Å². The first-order chi connectivity index (χ1) is 12.5. The van der Waals surface area contributed by atoms with Gasteiger partial charge in [0.15, 0.2) is 0 Å². The maximum atomic E-state index is 12.1. The Bertz CT molecular complexity index is 743. The number of rotatable bonds is 7. The van der Waals surface area contributed by atoms with Gasteiger partial charge < -0.3 is 16.0 Å². The molecule has 138 valence electrons. The first-order valence-corrected chi connectivity index (χ1v) is 8.77. The van der Waals surface area contributed by atoms with E-state index < -0.39 is 0 Å². The van der Waals surface area contributed by atoms with Gasteiger partial charge in [0.1, 0.15) is 0 Å². The number of hydrogen-bond donors (Lipinski definition) is 3. The predicted octanol–water partition coefficient (Wildman–Crippen LogP) is 3.92. The van der Waals surface area contributed by atoms with E-state index in [1.807, 2.05) is 57.2 Å². The van der Waals surface area contributed by atoms with Crippen molar-refractivity contribution in [2.75, 3.05) is 35.6 Å². The van der Waals surface area contributed by atoms with E-state index in [9.17, 15) is 9.59 Å². The van der Waals surface area contributed by atoms with Crippen LogP contribution in [0.25, 0.3) is 0 Å². The predicted molar refractivity (Wildman–Crippen MR) is 107 cm³/mol. The topological polar surface area (TPSA) is 73.5 Å². The Kier molecular flexibility index (Phi) is 7.17. The summed E-state index contributed by atoms with van der Waals surface area (Å²) in [4.78, 5) is 26.2. The lowest BCUT2D eigenvalue weighted by Crippen LogP contribution is -2.33. The number of urea groups is 1. The molecule has 2 aromatic carbocycles. The molecule has 26 heavy (non-hydrogen) atoms. The Labute approximate surface area is 154 Å². The maximum absolute atomic E-state index is 12.1. The molecular formula is C20H26N4O2. The van der Waals surface area contributed by atoms with Crippen LogP contribution in [0, 0.1) is 6.92 Å². The highest BCUT2D eigenvalue weighted by Crippen LogP contribution is 2.20. The van der Waals surface area contributed by atoms with Crippen LogP contribution in [0.3, 0.4) is 0 Å². The van der Waals surface area contributed by atoms with Crippen molar-refractivity contribution < 1.29 is 9.59 Å². The fourth-order valence-electron chi connectivity index (χ4n) is 2.54. The van der Waals surface area contributed by atoms with E-state index in [2.05, 4.69) is 20.9 Å². The van der Waals surface area contributed by atoms with Gasteiger partial charge in [-0.1, -0.05) is 32.0 Å². The van der Waals surface area contributed by atoms with Crippen LogP contribution in [0.15, 0.2) is 48.5 Å². The van der Waals surface area contributed by atoms with Gasteiger partial charge in [-0.3, -0.25) is 9.69 Å². The van der Waals surface area contributed by atoms with Crippen molar-refractivity contribution in [2.45, 2.75) is 20.8 Å². The monoisotopic (exact) mass is 354 g/mol. The zero-order valence-corrected chi connectivity index (χ0v) is 15.5. The third kappa shape index (κ3) is 5.89. The summed E-state index contributed by atoms with van der Waals surface area (Å²) >= 11 is 0. The molecule has 0 radical (unpaired) electrons. The molecule has 0 atom stereocenters. The molecule has 0 unspecified atom stereocenters. The molecule has 0 aromatic heterocycles. The number of anilines is 3.